The van der Waals surface area contributed by atoms with Crippen LogP contribution in [0.3, 0.4) is 0 Å². The van der Waals surface area contributed by atoms with E-state index in [1.165, 1.54) is 18.4 Å². The summed E-state index contributed by atoms with van der Waals surface area (Å²) in [5.74, 6) is 1.18. The lowest BCUT2D eigenvalue weighted by atomic mass is 9.84. The van der Waals surface area contributed by atoms with Crippen molar-refractivity contribution in [2.75, 3.05) is 5.73 Å². The van der Waals surface area contributed by atoms with E-state index in [0.717, 1.165) is 12.8 Å². The molecule has 1 aliphatic carbocycles. The van der Waals surface area contributed by atoms with Gasteiger partial charge in [0.15, 0.2) is 0 Å². The Kier molecular flexibility index (Phi) is 2.92. The van der Waals surface area contributed by atoms with E-state index in [9.17, 15) is 0 Å². The zero-order valence-electron chi connectivity index (χ0n) is 8.12. The number of aromatic nitrogens is 1. The molecule has 2 rings (SSSR count). The van der Waals surface area contributed by atoms with Crippen LogP contribution in [0.1, 0.15) is 37.2 Å². The molecule has 1 saturated carbocycles. The molecule has 14 heavy (non-hydrogen) atoms. The molecule has 0 saturated heterocycles. The van der Waals surface area contributed by atoms with Gasteiger partial charge in [-0.25, -0.2) is 4.98 Å². The predicted octanol–water partition coefficient (Wildman–Crippen LogP) is 2.93. The predicted molar refractivity (Wildman–Crippen MR) is 59.5 cm³/mol. The number of hydrogen-bond donors (Lipinski definition) is 1. The fraction of sp³-hybridized carbons (Fsp3) is 0.545. The molecule has 2 unspecified atom stereocenters. The van der Waals surface area contributed by atoms with Crippen molar-refractivity contribution >= 4 is 17.4 Å². The highest BCUT2D eigenvalue weighted by Gasteiger charge is 2.23. The maximum Gasteiger partial charge on any atom is 0.126 e. The van der Waals surface area contributed by atoms with E-state index in [-0.39, 0.29) is 0 Å². The zero-order chi connectivity index (χ0) is 9.97. The molecule has 0 aliphatic heterocycles. The van der Waals surface area contributed by atoms with Crippen molar-refractivity contribution in [3.63, 3.8) is 0 Å². The van der Waals surface area contributed by atoms with E-state index in [4.69, 9.17) is 17.3 Å². The molecule has 0 aromatic carbocycles. The van der Waals surface area contributed by atoms with Gasteiger partial charge in [0, 0.05) is 11.6 Å². The lowest BCUT2D eigenvalue weighted by Gasteiger charge is -2.26. The SMILES string of the molecule is Nc1ncccc1C1CCCC(Cl)C1. The first-order chi connectivity index (χ1) is 6.77. The molecule has 76 valence electrons. The molecule has 0 radical (unpaired) electrons. The normalized spacial score (nSPS) is 27.5. The summed E-state index contributed by atoms with van der Waals surface area (Å²) in [5, 5.41) is 0.313. The van der Waals surface area contributed by atoms with Crippen molar-refractivity contribution in [3.05, 3.63) is 23.9 Å². The molecule has 0 spiro atoms. The summed E-state index contributed by atoms with van der Waals surface area (Å²) in [7, 11) is 0. The number of hydrogen-bond acceptors (Lipinski definition) is 2. The number of alkyl halides is 1. The van der Waals surface area contributed by atoms with Crippen LogP contribution in [0.4, 0.5) is 5.82 Å². The summed E-state index contributed by atoms with van der Waals surface area (Å²) in [6.07, 6.45) is 6.31. The van der Waals surface area contributed by atoms with Gasteiger partial charge in [0.25, 0.3) is 0 Å². The molecule has 1 fully saturated rings. The Bertz CT molecular complexity index is 314. The zero-order valence-corrected chi connectivity index (χ0v) is 8.87. The number of rotatable bonds is 1. The van der Waals surface area contributed by atoms with Crippen LogP contribution in [0, 0.1) is 0 Å². The number of nitrogens with two attached hydrogens (primary N) is 1. The standard InChI is InChI=1S/C11H15ClN2/c12-9-4-1-3-8(7-9)10-5-2-6-14-11(10)13/h2,5-6,8-9H,1,3-4,7H2,(H2,13,14). The van der Waals surface area contributed by atoms with Crippen molar-refractivity contribution in [2.24, 2.45) is 0 Å². The fourth-order valence-corrected chi connectivity index (χ4v) is 2.56. The molecule has 0 amide bonds. The first-order valence-electron chi connectivity index (χ1n) is 5.12. The fourth-order valence-electron chi connectivity index (χ4n) is 2.19. The van der Waals surface area contributed by atoms with Gasteiger partial charge in [0.05, 0.1) is 0 Å². The third-order valence-corrected chi connectivity index (χ3v) is 3.32. The minimum Gasteiger partial charge on any atom is -0.383 e. The summed E-state index contributed by atoms with van der Waals surface area (Å²) in [6.45, 7) is 0. The van der Waals surface area contributed by atoms with Crippen LogP contribution >= 0.6 is 11.6 Å². The number of pyridine rings is 1. The molecule has 2 atom stereocenters. The van der Waals surface area contributed by atoms with E-state index in [1.807, 2.05) is 6.07 Å². The Morgan fingerprint density at radius 2 is 2.29 bits per heavy atom. The minimum atomic E-state index is 0.313. The Hall–Kier alpha value is -0.760. The van der Waals surface area contributed by atoms with Crippen LogP contribution < -0.4 is 5.73 Å². The summed E-state index contributed by atoms with van der Waals surface area (Å²) < 4.78 is 0. The number of nitrogen functional groups attached to an aromatic ring is 1. The molecular formula is C11H15ClN2. The summed E-state index contributed by atoms with van der Waals surface area (Å²) >= 11 is 6.15. The average molecular weight is 211 g/mol. The van der Waals surface area contributed by atoms with E-state index in [0.29, 0.717) is 17.1 Å². The van der Waals surface area contributed by atoms with Gasteiger partial charge in [-0.2, -0.15) is 0 Å². The van der Waals surface area contributed by atoms with Gasteiger partial charge in [-0.15, -0.1) is 11.6 Å². The van der Waals surface area contributed by atoms with Gasteiger partial charge in [-0.05, 0) is 36.8 Å². The van der Waals surface area contributed by atoms with Crippen molar-refractivity contribution in [2.45, 2.75) is 37.0 Å². The molecule has 3 heteroatoms. The largest absolute Gasteiger partial charge is 0.383 e. The van der Waals surface area contributed by atoms with Gasteiger partial charge in [0.2, 0.25) is 0 Å². The van der Waals surface area contributed by atoms with Gasteiger partial charge in [-0.1, -0.05) is 12.5 Å². The first-order valence-corrected chi connectivity index (χ1v) is 5.55. The van der Waals surface area contributed by atoms with Gasteiger partial charge in [-0.3, -0.25) is 0 Å². The Morgan fingerprint density at radius 1 is 1.43 bits per heavy atom. The van der Waals surface area contributed by atoms with Crippen LogP contribution in [0.5, 0.6) is 0 Å². The maximum atomic E-state index is 6.15. The third-order valence-electron chi connectivity index (χ3n) is 2.92. The highest BCUT2D eigenvalue weighted by molar-refractivity contribution is 6.20. The van der Waals surface area contributed by atoms with Crippen molar-refractivity contribution in [1.29, 1.82) is 0 Å². The molecule has 1 aromatic rings. The lowest BCUT2D eigenvalue weighted by molar-refractivity contribution is 0.450. The molecule has 2 nitrogen and oxygen atoms in total. The van der Waals surface area contributed by atoms with Crippen molar-refractivity contribution < 1.29 is 0 Å². The second kappa shape index (κ2) is 4.18. The van der Waals surface area contributed by atoms with Crippen molar-refractivity contribution in [3.8, 4) is 0 Å². The Labute approximate surface area is 89.5 Å². The van der Waals surface area contributed by atoms with E-state index in [2.05, 4.69) is 11.1 Å². The molecule has 0 bridgehead atoms. The van der Waals surface area contributed by atoms with E-state index >= 15 is 0 Å². The van der Waals surface area contributed by atoms with Crippen LogP contribution in [0.25, 0.3) is 0 Å². The van der Waals surface area contributed by atoms with Gasteiger partial charge in [0.1, 0.15) is 5.82 Å². The molecule has 2 N–H and O–H groups in total. The number of halogens is 1. The monoisotopic (exact) mass is 210 g/mol. The number of anilines is 1. The molecule has 1 aliphatic rings. The Morgan fingerprint density at radius 3 is 3.00 bits per heavy atom. The second-order valence-electron chi connectivity index (χ2n) is 3.94. The van der Waals surface area contributed by atoms with E-state index in [1.54, 1.807) is 6.20 Å². The topological polar surface area (TPSA) is 38.9 Å². The molecule has 1 heterocycles. The third kappa shape index (κ3) is 2.01. The van der Waals surface area contributed by atoms with Crippen LogP contribution in [-0.2, 0) is 0 Å². The van der Waals surface area contributed by atoms with Gasteiger partial charge >= 0.3 is 0 Å². The Balaban J connectivity index is 2.18. The highest BCUT2D eigenvalue weighted by atomic mass is 35.5. The lowest BCUT2D eigenvalue weighted by Crippen LogP contribution is -2.15. The summed E-state index contributed by atoms with van der Waals surface area (Å²) in [4.78, 5) is 4.11. The maximum absolute atomic E-state index is 6.15. The second-order valence-corrected chi connectivity index (χ2v) is 4.56. The van der Waals surface area contributed by atoms with Crippen LogP contribution in [0.2, 0.25) is 0 Å². The van der Waals surface area contributed by atoms with Crippen LogP contribution in [-0.4, -0.2) is 10.4 Å². The van der Waals surface area contributed by atoms with Crippen molar-refractivity contribution in [1.82, 2.24) is 4.98 Å². The average Bonchev–Trinajstić information content (AvgIpc) is 2.18. The van der Waals surface area contributed by atoms with Crippen LogP contribution in [0.15, 0.2) is 18.3 Å². The highest BCUT2D eigenvalue weighted by Crippen LogP contribution is 2.36. The number of nitrogens with zero attached hydrogens (tertiary/aromatic N) is 1. The summed E-state index contributed by atoms with van der Waals surface area (Å²) in [5.41, 5.74) is 7.02. The molecule has 1 aromatic heterocycles. The minimum absolute atomic E-state index is 0.313. The molecular weight excluding hydrogens is 196 g/mol. The quantitative estimate of drug-likeness (QED) is 0.724. The smallest absolute Gasteiger partial charge is 0.126 e. The van der Waals surface area contributed by atoms with Gasteiger partial charge < -0.3 is 5.73 Å². The first kappa shape index (κ1) is 9.78. The summed E-state index contributed by atoms with van der Waals surface area (Å²) in [6, 6.07) is 4.02. The van der Waals surface area contributed by atoms with E-state index < -0.39 is 0 Å².